The van der Waals surface area contributed by atoms with Gasteiger partial charge in [-0.15, -0.1) is 0 Å². The Hall–Kier alpha value is -1.67. The van der Waals surface area contributed by atoms with Crippen LogP contribution in [0.25, 0.3) is 0 Å². The number of benzene rings is 1. The average Bonchev–Trinajstić information content (AvgIpc) is 2.61. The molecule has 0 saturated carbocycles. The van der Waals surface area contributed by atoms with Gasteiger partial charge in [-0.3, -0.25) is 14.6 Å². The van der Waals surface area contributed by atoms with E-state index in [0.29, 0.717) is 30.9 Å². The Kier molecular flexibility index (Phi) is 8.04. The highest BCUT2D eigenvalue weighted by Crippen LogP contribution is 2.10. The van der Waals surface area contributed by atoms with Crippen LogP contribution in [0.4, 0.5) is 5.69 Å². The maximum Gasteiger partial charge on any atom is 0.253 e. The molecule has 1 aliphatic heterocycles. The van der Waals surface area contributed by atoms with Crippen LogP contribution in [0.2, 0.25) is 0 Å². The standard InChI is InChI=1S/C20H34N4O3/c1-20(2,3)27-15-16(25)14-24-12-10-23(11-13-24)9-8-22-19(26)17-6-4-5-7-18(17)21/h4-7,16,25H,8-15,21H2,1-3H3,(H,22,26). The largest absolute Gasteiger partial charge is 0.398 e. The number of β-amino-alcohol motifs (C(OH)–C–C–N with tert-alkyl or cyclic N) is 1. The van der Waals surface area contributed by atoms with Gasteiger partial charge >= 0.3 is 0 Å². The van der Waals surface area contributed by atoms with E-state index in [-0.39, 0.29) is 11.5 Å². The van der Waals surface area contributed by atoms with Crippen molar-refractivity contribution in [2.45, 2.75) is 32.5 Å². The van der Waals surface area contributed by atoms with Crippen molar-refractivity contribution in [2.75, 3.05) is 58.2 Å². The second-order valence-corrected chi connectivity index (χ2v) is 8.06. The SMILES string of the molecule is CC(C)(C)OCC(O)CN1CCN(CCNC(=O)c2ccccc2N)CC1. The summed E-state index contributed by atoms with van der Waals surface area (Å²) >= 11 is 0. The molecule has 0 aliphatic carbocycles. The lowest BCUT2D eigenvalue weighted by Gasteiger charge is -2.35. The summed E-state index contributed by atoms with van der Waals surface area (Å²) in [5.74, 6) is -0.131. The Morgan fingerprint density at radius 2 is 1.85 bits per heavy atom. The minimum absolute atomic E-state index is 0.131. The first-order chi connectivity index (χ1) is 12.7. The predicted octanol–water partition coefficient (Wildman–Crippen LogP) is 0.792. The first kappa shape index (κ1) is 21.6. The van der Waals surface area contributed by atoms with E-state index < -0.39 is 6.10 Å². The van der Waals surface area contributed by atoms with Crippen LogP contribution in [0.3, 0.4) is 0 Å². The maximum absolute atomic E-state index is 12.2. The number of hydrogen-bond donors (Lipinski definition) is 3. The molecule has 2 rings (SSSR count). The zero-order valence-corrected chi connectivity index (χ0v) is 16.8. The Balaban J connectivity index is 1.62. The summed E-state index contributed by atoms with van der Waals surface area (Å²) in [5.41, 5.74) is 6.62. The molecule has 7 nitrogen and oxygen atoms in total. The molecule has 1 unspecified atom stereocenters. The molecule has 0 bridgehead atoms. The minimum atomic E-state index is -0.466. The number of nitrogens with one attached hydrogen (secondary N) is 1. The van der Waals surface area contributed by atoms with Gasteiger partial charge in [-0.1, -0.05) is 12.1 Å². The van der Waals surface area contributed by atoms with Crippen molar-refractivity contribution in [2.24, 2.45) is 0 Å². The van der Waals surface area contributed by atoms with E-state index >= 15 is 0 Å². The number of amides is 1. The van der Waals surface area contributed by atoms with Crippen LogP contribution < -0.4 is 11.1 Å². The van der Waals surface area contributed by atoms with Gasteiger partial charge < -0.3 is 20.9 Å². The number of carbonyl (C=O) groups is 1. The van der Waals surface area contributed by atoms with Crippen molar-refractivity contribution in [3.63, 3.8) is 0 Å². The lowest BCUT2D eigenvalue weighted by molar-refractivity contribution is -0.0585. The fourth-order valence-electron chi connectivity index (χ4n) is 3.02. The molecule has 4 N–H and O–H groups in total. The number of hydrogen-bond acceptors (Lipinski definition) is 6. The molecule has 7 heteroatoms. The summed E-state index contributed by atoms with van der Waals surface area (Å²) in [4.78, 5) is 16.7. The van der Waals surface area contributed by atoms with Crippen LogP contribution in [0.15, 0.2) is 24.3 Å². The van der Waals surface area contributed by atoms with Gasteiger partial charge in [0, 0.05) is 51.5 Å². The number of rotatable bonds is 8. The zero-order valence-electron chi connectivity index (χ0n) is 16.8. The Morgan fingerprint density at radius 1 is 1.22 bits per heavy atom. The van der Waals surface area contributed by atoms with Gasteiger partial charge in [0.05, 0.1) is 23.9 Å². The Labute approximate surface area is 162 Å². The lowest BCUT2D eigenvalue weighted by atomic mass is 10.1. The van der Waals surface area contributed by atoms with E-state index in [9.17, 15) is 9.90 Å². The molecular formula is C20H34N4O3. The van der Waals surface area contributed by atoms with Crippen LogP contribution in [-0.4, -0.2) is 84.9 Å². The summed E-state index contributed by atoms with van der Waals surface area (Å²) in [6, 6.07) is 7.09. The van der Waals surface area contributed by atoms with E-state index in [2.05, 4.69) is 15.1 Å². The van der Waals surface area contributed by atoms with Gasteiger partial charge in [-0.05, 0) is 32.9 Å². The number of aliphatic hydroxyl groups is 1. The van der Waals surface area contributed by atoms with Crippen molar-refractivity contribution in [1.29, 1.82) is 0 Å². The quantitative estimate of drug-likeness (QED) is 0.580. The number of nitrogen functional groups attached to an aromatic ring is 1. The fraction of sp³-hybridized carbons (Fsp3) is 0.650. The molecule has 0 aromatic heterocycles. The van der Waals surface area contributed by atoms with Crippen LogP contribution in [0.1, 0.15) is 31.1 Å². The number of aliphatic hydroxyl groups excluding tert-OH is 1. The molecule has 1 aromatic carbocycles. The van der Waals surface area contributed by atoms with E-state index in [1.807, 2.05) is 32.9 Å². The van der Waals surface area contributed by atoms with Gasteiger partial charge in [-0.2, -0.15) is 0 Å². The number of nitrogens with two attached hydrogens (primary N) is 1. The van der Waals surface area contributed by atoms with Crippen LogP contribution in [0.5, 0.6) is 0 Å². The van der Waals surface area contributed by atoms with E-state index in [1.165, 1.54) is 0 Å². The topological polar surface area (TPSA) is 91.1 Å². The molecule has 27 heavy (non-hydrogen) atoms. The highest BCUT2D eigenvalue weighted by molar-refractivity contribution is 5.99. The predicted molar refractivity (Wildman–Crippen MR) is 108 cm³/mol. The molecule has 0 radical (unpaired) electrons. The van der Waals surface area contributed by atoms with Crippen LogP contribution in [-0.2, 0) is 4.74 Å². The molecule has 1 fully saturated rings. The molecular weight excluding hydrogens is 344 g/mol. The fourth-order valence-corrected chi connectivity index (χ4v) is 3.02. The minimum Gasteiger partial charge on any atom is -0.398 e. The van der Waals surface area contributed by atoms with Crippen molar-refractivity contribution in [1.82, 2.24) is 15.1 Å². The number of carbonyl (C=O) groups excluding carboxylic acids is 1. The lowest BCUT2D eigenvalue weighted by Crippen LogP contribution is -2.50. The highest BCUT2D eigenvalue weighted by Gasteiger charge is 2.20. The molecule has 152 valence electrons. The first-order valence-electron chi connectivity index (χ1n) is 9.64. The smallest absolute Gasteiger partial charge is 0.253 e. The monoisotopic (exact) mass is 378 g/mol. The highest BCUT2D eigenvalue weighted by atomic mass is 16.5. The zero-order chi connectivity index (χ0) is 19.9. The Morgan fingerprint density at radius 3 is 2.48 bits per heavy atom. The van der Waals surface area contributed by atoms with Crippen molar-refractivity contribution >= 4 is 11.6 Å². The number of ether oxygens (including phenoxy) is 1. The molecule has 1 atom stereocenters. The van der Waals surface area contributed by atoms with Crippen molar-refractivity contribution in [3.8, 4) is 0 Å². The third kappa shape index (κ3) is 7.84. The van der Waals surface area contributed by atoms with Crippen molar-refractivity contribution < 1.29 is 14.6 Å². The third-order valence-corrected chi connectivity index (χ3v) is 4.56. The second kappa shape index (κ2) is 10.0. The summed E-state index contributed by atoms with van der Waals surface area (Å²) in [6.07, 6.45) is -0.466. The van der Waals surface area contributed by atoms with Crippen LogP contribution in [0, 0.1) is 0 Å². The van der Waals surface area contributed by atoms with E-state index in [4.69, 9.17) is 10.5 Å². The molecule has 1 amide bonds. The normalized spacial score (nSPS) is 17.6. The molecule has 1 aliphatic rings. The van der Waals surface area contributed by atoms with Crippen molar-refractivity contribution in [3.05, 3.63) is 29.8 Å². The van der Waals surface area contributed by atoms with E-state index in [0.717, 1.165) is 32.7 Å². The third-order valence-electron chi connectivity index (χ3n) is 4.56. The summed E-state index contributed by atoms with van der Waals surface area (Å²) in [7, 11) is 0. The first-order valence-corrected chi connectivity index (χ1v) is 9.64. The van der Waals surface area contributed by atoms with Gasteiger partial charge in [0.25, 0.3) is 5.91 Å². The number of anilines is 1. The average molecular weight is 379 g/mol. The summed E-state index contributed by atoms with van der Waals surface area (Å²) < 4.78 is 5.64. The van der Waals surface area contributed by atoms with Gasteiger partial charge in [-0.25, -0.2) is 0 Å². The Bertz CT molecular complexity index is 595. The molecule has 1 heterocycles. The van der Waals surface area contributed by atoms with E-state index in [1.54, 1.807) is 12.1 Å². The number of para-hydroxylation sites is 1. The maximum atomic E-state index is 12.2. The summed E-state index contributed by atoms with van der Waals surface area (Å²) in [5, 5.41) is 13.1. The summed E-state index contributed by atoms with van der Waals surface area (Å²) in [6.45, 7) is 12.0. The number of nitrogens with zero attached hydrogens (tertiary/aromatic N) is 2. The van der Waals surface area contributed by atoms with Gasteiger partial charge in [0.1, 0.15) is 0 Å². The molecule has 0 spiro atoms. The molecule has 1 saturated heterocycles. The van der Waals surface area contributed by atoms with Crippen LogP contribution >= 0.6 is 0 Å². The number of piperazine rings is 1. The van der Waals surface area contributed by atoms with Gasteiger partial charge in [0.15, 0.2) is 0 Å². The second-order valence-electron chi connectivity index (χ2n) is 8.06. The molecule has 1 aromatic rings. The van der Waals surface area contributed by atoms with Gasteiger partial charge in [0.2, 0.25) is 0 Å².